The lowest BCUT2D eigenvalue weighted by atomic mass is 9.95. The molecule has 160 valence electrons. The van der Waals surface area contributed by atoms with Crippen LogP contribution in [0.4, 0.5) is 5.69 Å². The number of nitrogens with zero attached hydrogens (tertiary/aromatic N) is 2. The molecule has 1 fully saturated rings. The Balaban J connectivity index is 0.00000392. The quantitative estimate of drug-likeness (QED) is 0.312. The van der Waals surface area contributed by atoms with E-state index in [1.54, 1.807) is 0 Å². The number of likely N-dealkylation sites (N-methyl/N-ethyl adjacent to an activating group) is 1. The predicted molar refractivity (Wildman–Crippen MR) is 134 cm³/mol. The first-order chi connectivity index (χ1) is 13.1. The first-order valence-corrected chi connectivity index (χ1v) is 11.6. The van der Waals surface area contributed by atoms with Crippen molar-refractivity contribution in [3.8, 4) is 0 Å². The second-order valence-electron chi connectivity index (χ2n) is 7.16. The number of hydrogen-bond acceptors (Lipinski definition) is 3. The second kappa shape index (κ2) is 13.4. The lowest BCUT2D eigenvalue weighted by Gasteiger charge is -2.30. The van der Waals surface area contributed by atoms with Crippen LogP contribution in [-0.2, 0) is 10.8 Å². The smallest absolute Gasteiger partial charge is 0.191 e. The van der Waals surface area contributed by atoms with Crippen LogP contribution in [0.2, 0.25) is 0 Å². The SMILES string of the molecule is CCN(CCNC(=NC)NC1CCCC(S(=O)CC)C1)c1ccccc1C.I. The zero-order valence-electron chi connectivity index (χ0n) is 17.7. The summed E-state index contributed by atoms with van der Waals surface area (Å²) in [6.07, 6.45) is 4.34. The van der Waals surface area contributed by atoms with Gasteiger partial charge < -0.3 is 15.5 Å². The molecule has 0 aliphatic heterocycles. The maximum Gasteiger partial charge on any atom is 0.191 e. The maximum atomic E-state index is 12.1. The minimum atomic E-state index is -0.694. The van der Waals surface area contributed by atoms with Gasteiger partial charge in [0.05, 0.1) is 0 Å². The number of anilines is 1. The predicted octanol–water partition coefficient (Wildman–Crippen LogP) is 3.68. The van der Waals surface area contributed by atoms with Crippen molar-refractivity contribution in [2.24, 2.45) is 4.99 Å². The van der Waals surface area contributed by atoms with Gasteiger partial charge in [0.2, 0.25) is 0 Å². The van der Waals surface area contributed by atoms with Gasteiger partial charge in [-0.05, 0) is 44.7 Å². The van der Waals surface area contributed by atoms with Gasteiger partial charge >= 0.3 is 0 Å². The number of nitrogens with one attached hydrogen (secondary N) is 2. The van der Waals surface area contributed by atoms with Gasteiger partial charge in [-0.3, -0.25) is 9.20 Å². The molecule has 3 atom stereocenters. The van der Waals surface area contributed by atoms with Crippen LogP contribution in [0, 0.1) is 6.92 Å². The summed E-state index contributed by atoms with van der Waals surface area (Å²) in [6, 6.07) is 8.88. The summed E-state index contributed by atoms with van der Waals surface area (Å²) in [4.78, 5) is 6.77. The second-order valence-corrected chi connectivity index (χ2v) is 9.17. The number of benzene rings is 1. The van der Waals surface area contributed by atoms with Crippen molar-refractivity contribution in [3.05, 3.63) is 29.8 Å². The summed E-state index contributed by atoms with van der Waals surface area (Å²) in [6.45, 7) is 9.10. The van der Waals surface area contributed by atoms with Crippen molar-refractivity contribution in [2.45, 2.75) is 57.7 Å². The van der Waals surface area contributed by atoms with E-state index in [0.717, 1.165) is 57.0 Å². The van der Waals surface area contributed by atoms with Gasteiger partial charge in [0.25, 0.3) is 0 Å². The molecule has 1 aromatic carbocycles. The van der Waals surface area contributed by atoms with Crippen molar-refractivity contribution in [3.63, 3.8) is 0 Å². The van der Waals surface area contributed by atoms with E-state index in [-0.39, 0.29) is 24.0 Å². The highest BCUT2D eigenvalue weighted by atomic mass is 127. The van der Waals surface area contributed by atoms with Gasteiger partial charge in [-0.15, -0.1) is 24.0 Å². The standard InChI is InChI=1S/C21H36N4OS.HI/c1-5-25(20-13-8-7-10-17(20)3)15-14-23-21(22-4)24-18-11-9-12-19(16-18)27(26)6-2;/h7-8,10,13,18-19H,5-6,9,11-12,14-16H2,1-4H3,(H2,22,23,24);1H. The molecule has 1 aromatic rings. The topological polar surface area (TPSA) is 56.7 Å². The molecule has 1 aliphatic rings. The molecular formula is C21H37IN4OS. The molecule has 2 N–H and O–H groups in total. The number of guanidine groups is 1. The fourth-order valence-electron chi connectivity index (χ4n) is 3.81. The van der Waals surface area contributed by atoms with Crippen molar-refractivity contribution in [1.29, 1.82) is 0 Å². The third-order valence-electron chi connectivity index (χ3n) is 5.36. The first-order valence-electron chi connectivity index (χ1n) is 10.2. The molecule has 0 heterocycles. The van der Waals surface area contributed by atoms with Gasteiger partial charge in [-0.2, -0.15) is 0 Å². The third kappa shape index (κ3) is 7.54. The van der Waals surface area contributed by atoms with E-state index in [9.17, 15) is 4.21 Å². The van der Waals surface area contributed by atoms with Crippen molar-refractivity contribution >= 4 is 46.4 Å². The summed E-state index contributed by atoms with van der Waals surface area (Å²) in [5.74, 6) is 1.61. The molecule has 3 unspecified atom stereocenters. The Morgan fingerprint density at radius 1 is 1.29 bits per heavy atom. The van der Waals surface area contributed by atoms with E-state index < -0.39 is 10.8 Å². The summed E-state index contributed by atoms with van der Waals surface area (Å²) < 4.78 is 12.1. The zero-order valence-corrected chi connectivity index (χ0v) is 20.9. The minimum absolute atomic E-state index is 0. The van der Waals surface area contributed by atoms with Crippen molar-refractivity contribution in [2.75, 3.05) is 37.3 Å². The lowest BCUT2D eigenvalue weighted by molar-refractivity contribution is 0.413. The Morgan fingerprint density at radius 2 is 2.04 bits per heavy atom. The van der Waals surface area contributed by atoms with E-state index in [1.165, 1.54) is 11.3 Å². The highest BCUT2D eigenvalue weighted by molar-refractivity contribution is 14.0. The first kappa shape index (κ1) is 25.2. The van der Waals surface area contributed by atoms with E-state index in [4.69, 9.17) is 0 Å². The van der Waals surface area contributed by atoms with Crippen molar-refractivity contribution < 1.29 is 4.21 Å². The van der Waals surface area contributed by atoms with Gasteiger partial charge in [0, 0.05) is 60.2 Å². The van der Waals surface area contributed by atoms with E-state index >= 15 is 0 Å². The Bertz CT molecular complexity index is 641. The molecule has 1 saturated carbocycles. The summed E-state index contributed by atoms with van der Waals surface area (Å²) in [5, 5.41) is 7.32. The van der Waals surface area contributed by atoms with Crippen LogP contribution in [0.25, 0.3) is 0 Å². The monoisotopic (exact) mass is 520 g/mol. The normalized spacial score (nSPS) is 20.8. The number of para-hydroxylation sites is 1. The van der Waals surface area contributed by atoms with Gasteiger partial charge in [0.15, 0.2) is 5.96 Å². The molecule has 5 nitrogen and oxygen atoms in total. The summed E-state index contributed by atoms with van der Waals surface area (Å²) in [5.41, 5.74) is 2.60. The fourth-order valence-corrected chi connectivity index (χ4v) is 5.16. The Labute approximate surface area is 190 Å². The number of aryl methyl sites for hydroxylation is 1. The average molecular weight is 521 g/mol. The van der Waals surface area contributed by atoms with Crippen molar-refractivity contribution in [1.82, 2.24) is 10.6 Å². The van der Waals surface area contributed by atoms with Gasteiger partial charge in [-0.25, -0.2) is 0 Å². The molecule has 0 spiro atoms. The molecule has 0 amide bonds. The van der Waals surface area contributed by atoms with Crippen LogP contribution in [-0.4, -0.2) is 53.9 Å². The van der Waals surface area contributed by atoms with Gasteiger partial charge in [-0.1, -0.05) is 31.5 Å². The number of aliphatic imine (C=N–C) groups is 1. The molecule has 28 heavy (non-hydrogen) atoms. The zero-order chi connectivity index (χ0) is 19.6. The number of halogens is 1. The molecular weight excluding hydrogens is 483 g/mol. The lowest BCUT2D eigenvalue weighted by Crippen LogP contribution is -2.48. The summed E-state index contributed by atoms with van der Waals surface area (Å²) in [7, 11) is 1.12. The maximum absolute atomic E-state index is 12.1. The third-order valence-corrected chi connectivity index (χ3v) is 7.10. The highest BCUT2D eigenvalue weighted by Crippen LogP contribution is 2.23. The van der Waals surface area contributed by atoms with E-state index in [0.29, 0.717) is 11.3 Å². The number of hydrogen-bond donors (Lipinski definition) is 2. The molecule has 0 radical (unpaired) electrons. The van der Waals surface area contributed by atoms with Crippen LogP contribution in [0.3, 0.4) is 0 Å². The summed E-state index contributed by atoms with van der Waals surface area (Å²) >= 11 is 0. The van der Waals surface area contributed by atoms with Crippen LogP contribution in [0.5, 0.6) is 0 Å². The van der Waals surface area contributed by atoms with Crippen LogP contribution in [0.1, 0.15) is 45.1 Å². The fraction of sp³-hybridized carbons (Fsp3) is 0.667. The molecule has 0 bridgehead atoms. The van der Waals surface area contributed by atoms with E-state index in [2.05, 4.69) is 58.6 Å². The molecule has 2 rings (SSSR count). The van der Waals surface area contributed by atoms with Crippen LogP contribution in [0.15, 0.2) is 29.3 Å². The largest absolute Gasteiger partial charge is 0.370 e. The molecule has 1 aliphatic carbocycles. The van der Waals surface area contributed by atoms with Crippen LogP contribution < -0.4 is 15.5 Å². The van der Waals surface area contributed by atoms with E-state index in [1.807, 2.05) is 14.0 Å². The van der Waals surface area contributed by atoms with Crippen LogP contribution >= 0.6 is 24.0 Å². The Kier molecular flexibility index (Phi) is 12.1. The number of rotatable bonds is 8. The molecule has 7 heteroatoms. The minimum Gasteiger partial charge on any atom is -0.370 e. The Morgan fingerprint density at radius 3 is 2.68 bits per heavy atom. The molecule has 0 saturated heterocycles. The molecule has 0 aromatic heterocycles. The van der Waals surface area contributed by atoms with Gasteiger partial charge in [0.1, 0.15) is 0 Å². The highest BCUT2D eigenvalue weighted by Gasteiger charge is 2.26. The Hall–Kier alpha value is -0.830. The average Bonchev–Trinajstić information content (AvgIpc) is 2.70.